The molecule has 0 heterocycles. The third-order valence-electron chi connectivity index (χ3n) is 1.57. The molecule has 0 fully saturated rings. The molecule has 1 aromatic rings. The van der Waals surface area contributed by atoms with E-state index in [0.717, 1.165) is 5.56 Å². The highest BCUT2D eigenvalue weighted by atomic mass is 19.1. The van der Waals surface area contributed by atoms with Crippen LogP contribution in [0.15, 0.2) is 30.3 Å². The van der Waals surface area contributed by atoms with Crippen molar-refractivity contribution in [2.24, 2.45) is 0 Å². The normalized spacial score (nSPS) is 13.5. The van der Waals surface area contributed by atoms with E-state index in [1.807, 2.05) is 0 Å². The van der Waals surface area contributed by atoms with E-state index in [1.54, 1.807) is 18.2 Å². The Kier molecular flexibility index (Phi) is 3.61. The Morgan fingerprint density at radius 1 is 1.31 bits per heavy atom. The van der Waals surface area contributed by atoms with Crippen LogP contribution in [0.25, 0.3) is 6.08 Å². The SMILES string of the molecule is OCC(O)/C=C/c1ccc(F)cc1. The van der Waals surface area contributed by atoms with Gasteiger partial charge in [-0.2, -0.15) is 0 Å². The van der Waals surface area contributed by atoms with E-state index in [1.165, 1.54) is 18.2 Å². The summed E-state index contributed by atoms with van der Waals surface area (Å²) in [4.78, 5) is 0. The highest BCUT2D eigenvalue weighted by Gasteiger charge is 1.94. The van der Waals surface area contributed by atoms with Gasteiger partial charge in [0.1, 0.15) is 5.82 Å². The number of halogens is 1. The van der Waals surface area contributed by atoms with Gasteiger partial charge in [0, 0.05) is 0 Å². The van der Waals surface area contributed by atoms with E-state index in [2.05, 4.69) is 0 Å². The predicted molar refractivity (Wildman–Crippen MR) is 48.5 cm³/mol. The number of aliphatic hydroxyl groups excluding tert-OH is 2. The molecule has 0 aliphatic heterocycles. The third-order valence-corrected chi connectivity index (χ3v) is 1.57. The van der Waals surface area contributed by atoms with Crippen LogP contribution in [0, 0.1) is 5.82 Å². The molecule has 13 heavy (non-hydrogen) atoms. The molecule has 70 valence electrons. The largest absolute Gasteiger partial charge is 0.393 e. The maximum absolute atomic E-state index is 12.4. The minimum Gasteiger partial charge on any atom is -0.393 e. The number of hydrogen-bond acceptors (Lipinski definition) is 2. The standard InChI is InChI=1S/C10H11FO2/c11-9-4-1-8(2-5-9)3-6-10(13)7-12/h1-6,10,12-13H,7H2/b6-3+. The summed E-state index contributed by atoms with van der Waals surface area (Å²) in [5.74, 6) is -0.292. The van der Waals surface area contributed by atoms with E-state index in [9.17, 15) is 4.39 Å². The second-order valence-electron chi connectivity index (χ2n) is 2.66. The van der Waals surface area contributed by atoms with E-state index < -0.39 is 6.10 Å². The van der Waals surface area contributed by atoms with E-state index in [-0.39, 0.29) is 12.4 Å². The fraction of sp³-hybridized carbons (Fsp3) is 0.200. The van der Waals surface area contributed by atoms with Crippen LogP contribution < -0.4 is 0 Å². The predicted octanol–water partition coefficient (Wildman–Crippen LogP) is 1.19. The summed E-state index contributed by atoms with van der Waals surface area (Å²) in [7, 11) is 0. The molecule has 0 aliphatic carbocycles. The van der Waals surface area contributed by atoms with Gasteiger partial charge in [0.05, 0.1) is 12.7 Å². The molecule has 0 aromatic heterocycles. The zero-order valence-corrected chi connectivity index (χ0v) is 7.02. The zero-order chi connectivity index (χ0) is 9.68. The van der Waals surface area contributed by atoms with Crippen LogP contribution in [-0.4, -0.2) is 22.9 Å². The lowest BCUT2D eigenvalue weighted by molar-refractivity contribution is 0.131. The average Bonchev–Trinajstić information content (AvgIpc) is 2.16. The molecular formula is C10H11FO2. The first-order valence-electron chi connectivity index (χ1n) is 3.95. The van der Waals surface area contributed by atoms with Gasteiger partial charge in [-0.3, -0.25) is 0 Å². The van der Waals surface area contributed by atoms with Gasteiger partial charge < -0.3 is 10.2 Å². The molecule has 1 aromatic carbocycles. The molecule has 2 nitrogen and oxygen atoms in total. The molecule has 2 N–H and O–H groups in total. The molecule has 0 spiro atoms. The quantitative estimate of drug-likeness (QED) is 0.737. The van der Waals surface area contributed by atoms with Crippen molar-refractivity contribution in [1.82, 2.24) is 0 Å². The lowest BCUT2D eigenvalue weighted by atomic mass is 10.2. The summed E-state index contributed by atoms with van der Waals surface area (Å²) in [6, 6.07) is 5.86. The Morgan fingerprint density at radius 2 is 1.92 bits per heavy atom. The van der Waals surface area contributed by atoms with Crippen molar-refractivity contribution < 1.29 is 14.6 Å². The zero-order valence-electron chi connectivity index (χ0n) is 7.02. The van der Waals surface area contributed by atoms with Crippen molar-refractivity contribution in [1.29, 1.82) is 0 Å². The number of hydrogen-bond donors (Lipinski definition) is 2. The van der Waals surface area contributed by atoms with Crippen molar-refractivity contribution in [2.75, 3.05) is 6.61 Å². The molecule has 0 saturated carbocycles. The van der Waals surface area contributed by atoms with Gasteiger partial charge in [0.25, 0.3) is 0 Å². The highest BCUT2D eigenvalue weighted by Crippen LogP contribution is 2.04. The first kappa shape index (κ1) is 9.89. The Hall–Kier alpha value is -1.19. The summed E-state index contributed by atoms with van der Waals surface area (Å²) < 4.78 is 12.4. The molecule has 0 amide bonds. The van der Waals surface area contributed by atoms with E-state index >= 15 is 0 Å². The Morgan fingerprint density at radius 3 is 2.46 bits per heavy atom. The summed E-state index contributed by atoms with van der Waals surface area (Å²) in [5, 5.41) is 17.5. The Bertz CT molecular complexity index is 279. The summed E-state index contributed by atoms with van der Waals surface area (Å²) in [6.45, 7) is -0.308. The van der Waals surface area contributed by atoms with Gasteiger partial charge in [0.15, 0.2) is 0 Å². The van der Waals surface area contributed by atoms with Gasteiger partial charge in [-0.25, -0.2) is 4.39 Å². The fourth-order valence-electron chi connectivity index (χ4n) is 0.857. The molecule has 1 rings (SSSR count). The lowest BCUT2D eigenvalue weighted by Gasteiger charge is -1.98. The summed E-state index contributed by atoms with van der Waals surface area (Å²) >= 11 is 0. The van der Waals surface area contributed by atoms with Gasteiger partial charge >= 0.3 is 0 Å². The van der Waals surface area contributed by atoms with Crippen molar-refractivity contribution in [3.8, 4) is 0 Å². The maximum Gasteiger partial charge on any atom is 0.123 e. The molecule has 1 atom stereocenters. The second kappa shape index (κ2) is 4.74. The molecule has 1 unspecified atom stereocenters. The van der Waals surface area contributed by atoms with Gasteiger partial charge in [-0.15, -0.1) is 0 Å². The van der Waals surface area contributed by atoms with Crippen LogP contribution in [0.3, 0.4) is 0 Å². The third kappa shape index (κ3) is 3.36. The first-order valence-corrected chi connectivity index (χ1v) is 3.95. The molecule has 0 saturated heterocycles. The second-order valence-corrected chi connectivity index (χ2v) is 2.66. The first-order chi connectivity index (χ1) is 6.22. The number of aliphatic hydroxyl groups is 2. The average molecular weight is 182 g/mol. The molecule has 0 bridgehead atoms. The van der Waals surface area contributed by atoms with Crippen LogP contribution in [0.4, 0.5) is 4.39 Å². The monoisotopic (exact) mass is 182 g/mol. The van der Waals surface area contributed by atoms with Crippen molar-refractivity contribution >= 4 is 6.08 Å². The van der Waals surface area contributed by atoms with Crippen LogP contribution in [-0.2, 0) is 0 Å². The summed E-state index contributed by atoms with van der Waals surface area (Å²) in [5.41, 5.74) is 0.786. The lowest BCUT2D eigenvalue weighted by Crippen LogP contribution is -2.06. The van der Waals surface area contributed by atoms with Crippen LogP contribution in [0.2, 0.25) is 0 Å². The molecule has 0 aliphatic rings. The van der Waals surface area contributed by atoms with Crippen LogP contribution >= 0.6 is 0 Å². The van der Waals surface area contributed by atoms with Crippen molar-refractivity contribution in [3.63, 3.8) is 0 Å². The highest BCUT2D eigenvalue weighted by molar-refractivity contribution is 5.49. The van der Waals surface area contributed by atoms with Gasteiger partial charge in [0.2, 0.25) is 0 Å². The van der Waals surface area contributed by atoms with E-state index in [4.69, 9.17) is 10.2 Å². The molecule has 0 radical (unpaired) electrons. The minimum atomic E-state index is -0.856. The van der Waals surface area contributed by atoms with E-state index in [0.29, 0.717) is 0 Å². The number of benzene rings is 1. The van der Waals surface area contributed by atoms with Crippen LogP contribution in [0.5, 0.6) is 0 Å². The van der Waals surface area contributed by atoms with Gasteiger partial charge in [-0.1, -0.05) is 24.3 Å². The minimum absolute atomic E-state index is 0.292. The smallest absolute Gasteiger partial charge is 0.123 e. The Balaban J connectivity index is 2.64. The topological polar surface area (TPSA) is 40.5 Å². The van der Waals surface area contributed by atoms with Gasteiger partial charge in [-0.05, 0) is 17.7 Å². The molecule has 3 heteroatoms. The Labute approximate surface area is 76.0 Å². The summed E-state index contributed by atoms with van der Waals surface area (Å²) in [6.07, 6.45) is 2.22. The maximum atomic E-state index is 12.4. The molecular weight excluding hydrogens is 171 g/mol. The van der Waals surface area contributed by atoms with Crippen molar-refractivity contribution in [2.45, 2.75) is 6.10 Å². The van der Waals surface area contributed by atoms with Crippen molar-refractivity contribution in [3.05, 3.63) is 41.7 Å². The number of rotatable bonds is 3. The van der Waals surface area contributed by atoms with Crippen LogP contribution in [0.1, 0.15) is 5.56 Å². The fourth-order valence-corrected chi connectivity index (χ4v) is 0.857.